The topological polar surface area (TPSA) is 37.3 Å². The third kappa shape index (κ3) is 4.44. The van der Waals surface area contributed by atoms with Crippen LogP contribution < -0.4 is 5.32 Å². The van der Waals surface area contributed by atoms with Crippen LogP contribution in [0.25, 0.3) is 10.9 Å². The van der Waals surface area contributed by atoms with E-state index in [4.69, 9.17) is 0 Å². The predicted octanol–water partition coefficient (Wildman–Crippen LogP) is 5.54. The quantitative estimate of drug-likeness (QED) is 0.586. The number of rotatable bonds is 6. The molecule has 3 aromatic rings. The Balaban J connectivity index is 1.31. The van der Waals surface area contributed by atoms with Crippen LogP contribution in [0.3, 0.4) is 0 Å². The molecule has 0 aliphatic carbocycles. The van der Waals surface area contributed by atoms with Gasteiger partial charge in [-0.2, -0.15) is 0 Å². The lowest BCUT2D eigenvalue weighted by atomic mass is 9.95. The van der Waals surface area contributed by atoms with Gasteiger partial charge in [-0.25, -0.2) is 0 Å². The molecule has 0 saturated carbocycles. The summed E-state index contributed by atoms with van der Waals surface area (Å²) < 4.78 is 2.21. The summed E-state index contributed by atoms with van der Waals surface area (Å²) in [6.07, 6.45) is 5.21. The van der Waals surface area contributed by atoms with Crippen molar-refractivity contribution in [2.24, 2.45) is 13.0 Å². The monoisotopic (exact) mass is 403 g/mol. The van der Waals surface area contributed by atoms with E-state index in [2.05, 4.69) is 78.3 Å². The van der Waals surface area contributed by atoms with Crippen LogP contribution in [0.1, 0.15) is 50.2 Å². The Kier molecular flexibility index (Phi) is 6.24. The lowest BCUT2D eigenvalue weighted by molar-refractivity contribution is -0.121. The van der Waals surface area contributed by atoms with E-state index in [1.54, 1.807) is 0 Å². The van der Waals surface area contributed by atoms with Crippen LogP contribution in [0.15, 0.2) is 54.7 Å². The van der Waals surface area contributed by atoms with Gasteiger partial charge in [-0.15, -0.1) is 0 Å². The van der Waals surface area contributed by atoms with Crippen molar-refractivity contribution >= 4 is 22.5 Å². The number of benzene rings is 2. The molecule has 2 aromatic carbocycles. The van der Waals surface area contributed by atoms with E-state index in [-0.39, 0.29) is 11.8 Å². The molecule has 1 aliphatic rings. The Hall–Kier alpha value is -2.59. The van der Waals surface area contributed by atoms with Gasteiger partial charge in [0.1, 0.15) is 0 Å². The number of nitrogens with zero attached hydrogens (tertiary/aromatic N) is 2. The molecule has 0 bridgehead atoms. The highest BCUT2D eigenvalue weighted by Crippen LogP contribution is 2.26. The zero-order valence-electron chi connectivity index (χ0n) is 18.4. The minimum Gasteiger partial charge on any atom is -0.350 e. The molecule has 1 fully saturated rings. The molecule has 2 heterocycles. The molecule has 1 atom stereocenters. The fourth-order valence-corrected chi connectivity index (χ4v) is 4.52. The minimum absolute atomic E-state index is 0.100. The van der Waals surface area contributed by atoms with E-state index in [9.17, 15) is 4.79 Å². The second kappa shape index (κ2) is 9.05. The van der Waals surface area contributed by atoms with Crippen molar-refractivity contribution < 1.29 is 4.79 Å². The Bertz CT molecular complexity index is 997. The zero-order chi connectivity index (χ0) is 21.1. The van der Waals surface area contributed by atoms with Crippen molar-refractivity contribution in [1.29, 1.82) is 0 Å². The first kappa shape index (κ1) is 20.7. The van der Waals surface area contributed by atoms with Crippen molar-refractivity contribution in [2.45, 2.75) is 45.6 Å². The highest BCUT2D eigenvalue weighted by atomic mass is 16.1. The largest absolute Gasteiger partial charge is 0.350 e. The summed E-state index contributed by atoms with van der Waals surface area (Å²) in [7, 11) is 2.11. The number of nitrogens with one attached hydrogen (secondary N) is 1. The molecule has 30 heavy (non-hydrogen) atoms. The number of carbonyl (C=O) groups is 1. The number of aryl methyl sites for hydroxylation is 1. The molecular weight excluding hydrogens is 370 g/mol. The fourth-order valence-electron chi connectivity index (χ4n) is 4.52. The van der Waals surface area contributed by atoms with E-state index in [1.807, 2.05) is 12.1 Å². The zero-order valence-corrected chi connectivity index (χ0v) is 18.4. The van der Waals surface area contributed by atoms with Crippen LogP contribution in [0.2, 0.25) is 0 Å². The summed E-state index contributed by atoms with van der Waals surface area (Å²) in [4.78, 5) is 15.2. The Labute approximate surface area is 179 Å². The summed E-state index contributed by atoms with van der Waals surface area (Å²) >= 11 is 0. The van der Waals surface area contributed by atoms with Gasteiger partial charge in [0.2, 0.25) is 5.91 Å². The SMILES string of the molecule is CCC(C)c1ccc(NC(=O)C2CCN(Cc3cn(C)c4ccccc34)CC2)cc1. The first-order valence-electron chi connectivity index (χ1n) is 11.2. The number of anilines is 1. The molecule has 4 heteroatoms. The maximum atomic E-state index is 12.8. The number of para-hydroxylation sites is 1. The second-order valence-corrected chi connectivity index (χ2v) is 8.75. The molecule has 4 nitrogen and oxygen atoms in total. The standard InChI is InChI=1S/C26H33N3O/c1-4-19(2)20-9-11-23(12-10-20)27-26(30)21-13-15-29(16-14-21)18-22-17-28(3)25-8-6-5-7-24(22)25/h5-12,17,19,21H,4,13-16,18H2,1-3H3,(H,27,30). The summed E-state index contributed by atoms with van der Waals surface area (Å²) in [5.41, 5.74) is 4.89. The number of piperidine rings is 1. The molecular formula is C26H33N3O. The highest BCUT2D eigenvalue weighted by molar-refractivity contribution is 5.92. The molecule has 1 saturated heterocycles. The first-order valence-corrected chi connectivity index (χ1v) is 11.2. The Morgan fingerprint density at radius 2 is 1.80 bits per heavy atom. The lowest BCUT2D eigenvalue weighted by Gasteiger charge is -2.31. The third-order valence-electron chi connectivity index (χ3n) is 6.69. The molecule has 1 unspecified atom stereocenters. The van der Waals surface area contributed by atoms with Crippen LogP contribution in [-0.4, -0.2) is 28.5 Å². The molecule has 4 rings (SSSR count). The van der Waals surface area contributed by atoms with Crippen LogP contribution in [0.4, 0.5) is 5.69 Å². The van der Waals surface area contributed by atoms with E-state index in [0.717, 1.165) is 44.6 Å². The van der Waals surface area contributed by atoms with Crippen LogP contribution in [0.5, 0.6) is 0 Å². The minimum atomic E-state index is 0.100. The molecule has 158 valence electrons. The van der Waals surface area contributed by atoms with E-state index >= 15 is 0 Å². The predicted molar refractivity (Wildman–Crippen MR) is 125 cm³/mol. The van der Waals surface area contributed by atoms with Crippen molar-refractivity contribution in [1.82, 2.24) is 9.47 Å². The first-order chi connectivity index (χ1) is 14.5. The number of likely N-dealkylation sites (tertiary alicyclic amines) is 1. The van der Waals surface area contributed by atoms with E-state index in [1.165, 1.54) is 22.0 Å². The van der Waals surface area contributed by atoms with Gasteiger partial charge in [0.15, 0.2) is 0 Å². The number of hydrogen-bond donors (Lipinski definition) is 1. The van der Waals surface area contributed by atoms with Crippen LogP contribution in [-0.2, 0) is 18.4 Å². The van der Waals surface area contributed by atoms with Gasteiger partial charge in [-0.05, 0) is 67.6 Å². The average Bonchev–Trinajstić information content (AvgIpc) is 3.09. The maximum absolute atomic E-state index is 12.8. The van der Waals surface area contributed by atoms with Crippen LogP contribution >= 0.6 is 0 Å². The molecule has 0 radical (unpaired) electrons. The number of amides is 1. The molecule has 1 aromatic heterocycles. The lowest BCUT2D eigenvalue weighted by Crippen LogP contribution is -2.37. The number of aromatic nitrogens is 1. The summed E-state index contributed by atoms with van der Waals surface area (Å²) in [5, 5.41) is 4.46. The van der Waals surface area contributed by atoms with Crippen molar-refractivity contribution in [2.75, 3.05) is 18.4 Å². The summed E-state index contributed by atoms with van der Waals surface area (Å²) in [6.45, 7) is 7.32. The van der Waals surface area contributed by atoms with E-state index in [0.29, 0.717) is 5.92 Å². The maximum Gasteiger partial charge on any atom is 0.227 e. The Morgan fingerprint density at radius 1 is 1.10 bits per heavy atom. The van der Waals surface area contributed by atoms with E-state index < -0.39 is 0 Å². The van der Waals surface area contributed by atoms with Crippen molar-refractivity contribution in [3.63, 3.8) is 0 Å². The molecule has 1 N–H and O–H groups in total. The molecule has 0 spiro atoms. The summed E-state index contributed by atoms with van der Waals surface area (Å²) in [5.74, 6) is 0.819. The third-order valence-corrected chi connectivity index (χ3v) is 6.69. The normalized spacial score (nSPS) is 16.6. The van der Waals surface area contributed by atoms with Crippen molar-refractivity contribution in [3.8, 4) is 0 Å². The summed E-state index contributed by atoms with van der Waals surface area (Å²) in [6, 6.07) is 16.9. The second-order valence-electron chi connectivity index (χ2n) is 8.75. The number of fused-ring (bicyclic) bond motifs is 1. The van der Waals surface area contributed by atoms with Gasteiger partial charge in [0.05, 0.1) is 0 Å². The van der Waals surface area contributed by atoms with Gasteiger partial charge in [-0.1, -0.05) is 44.2 Å². The molecule has 1 aliphatic heterocycles. The Morgan fingerprint density at radius 3 is 2.50 bits per heavy atom. The van der Waals surface area contributed by atoms with Gasteiger partial charge >= 0.3 is 0 Å². The van der Waals surface area contributed by atoms with Gasteiger partial charge < -0.3 is 9.88 Å². The fraction of sp³-hybridized carbons (Fsp3) is 0.423. The average molecular weight is 404 g/mol. The van der Waals surface area contributed by atoms with Crippen molar-refractivity contribution in [3.05, 3.63) is 65.9 Å². The number of carbonyl (C=O) groups excluding carboxylic acids is 1. The van der Waals surface area contributed by atoms with Gasteiger partial charge in [0, 0.05) is 42.3 Å². The van der Waals surface area contributed by atoms with Gasteiger partial charge in [-0.3, -0.25) is 9.69 Å². The molecule has 1 amide bonds. The van der Waals surface area contributed by atoms with Crippen LogP contribution in [0, 0.1) is 5.92 Å². The van der Waals surface area contributed by atoms with Gasteiger partial charge in [0.25, 0.3) is 0 Å². The smallest absolute Gasteiger partial charge is 0.227 e. The highest BCUT2D eigenvalue weighted by Gasteiger charge is 2.25. The number of hydrogen-bond acceptors (Lipinski definition) is 2.